The topological polar surface area (TPSA) is 119 Å². The van der Waals surface area contributed by atoms with E-state index < -0.39 is 58.9 Å². The highest BCUT2D eigenvalue weighted by Gasteiger charge is 2.79. The SMILES string of the molecule is C[C@]12C=CC(=O)C=C1CC[C@H]1[C@@H]3C[C@H]4O[C@@H](c5cccc(Cc6cccc(N)c6)c5)O[C@@]4(C(=O)CO)[C@@]3(C)C[C@H](O)[C@@]12F. The van der Waals surface area contributed by atoms with Gasteiger partial charge in [-0.05, 0) is 80.4 Å². The van der Waals surface area contributed by atoms with Gasteiger partial charge in [-0.15, -0.1) is 0 Å². The number of carbonyl (C=O) groups excluding carboxylic acids is 2. The maximum Gasteiger partial charge on any atom is 0.193 e. The fraction of sp³-hybridized carbons (Fsp3) is 0.486. The minimum Gasteiger partial charge on any atom is -0.399 e. The van der Waals surface area contributed by atoms with Crippen LogP contribution in [0.15, 0.2) is 72.3 Å². The van der Waals surface area contributed by atoms with Crippen LogP contribution in [0.1, 0.15) is 62.5 Å². The molecule has 5 aliphatic rings. The molecule has 0 radical (unpaired) electrons. The number of nitrogen functional groups attached to an aromatic ring is 1. The predicted molar refractivity (Wildman–Crippen MR) is 157 cm³/mol. The van der Waals surface area contributed by atoms with E-state index >= 15 is 4.39 Å². The third-order valence-electron chi connectivity index (χ3n) is 11.5. The van der Waals surface area contributed by atoms with Gasteiger partial charge in [-0.3, -0.25) is 9.59 Å². The number of alkyl halides is 1. The van der Waals surface area contributed by atoms with Gasteiger partial charge in [-0.2, -0.15) is 0 Å². The summed E-state index contributed by atoms with van der Waals surface area (Å²) in [6.07, 6.45) is 3.46. The molecule has 3 saturated carbocycles. The second-order valence-corrected chi connectivity index (χ2v) is 13.6. The standard InChI is InChI=1S/C35H38FNO6/c1-32-12-11-25(39)16-23(32)9-10-26-27-17-30-35(29(41)19-38,33(27,2)18-28(40)34(26,32)36)43-31(42-30)22-7-3-5-20(14-22)13-21-6-4-8-24(37)15-21/h3-8,11-12,14-16,26-28,30-31,38,40H,9-10,13,17-19,37H2,1-2H3/t26-,27-,28-,30+,31+,32-,33-,34-,35+/m0/s1. The van der Waals surface area contributed by atoms with Crippen LogP contribution in [0.25, 0.3) is 0 Å². The molecule has 0 bridgehead atoms. The quantitative estimate of drug-likeness (QED) is 0.439. The zero-order valence-corrected chi connectivity index (χ0v) is 24.5. The van der Waals surface area contributed by atoms with Crippen molar-refractivity contribution in [3.05, 3.63) is 89.0 Å². The molecule has 4 fully saturated rings. The Morgan fingerprint density at radius 2 is 1.86 bits per heavy atom. The summed E-state index contributed by atoms with van der Waals surface area (Å²) in [5.74, 6) is -1.62. The Morgan fingerprint density at radius 1 is 1.12 bits per heavy atom. The van der Waals surface area contributed by atoms with Crippen LogP contribution in [0, 0.1) is 22.7 Å². The van der Waals surface area contributed by atoms with E-state index in [1.54, 1.807) is 13.0 Å². The van der Waals surface area contributed by atoms with Gasteiger partial charge in [-0.25, -0.2) is 4.39 Å². The number of benzene rings is 2. The summed E-state index contributed by atoms with van der Waals surface area (Å²) in [6, 6.07) is 15.5. The first-order valence-corrected chi connectivity index (χ1v) is 15.2. The van der Waals surface area contributed by atoms with Crippen LogP contribution in [-0.2, 0) is 25.5 Å². The molecular formula is C35H38FNO6. The van der Waals surface area contributed by atoms with Crippen LogP contribution >= 0.6 is 0 Å². The molecule has 0 amide bonds. The van der Waals surface area contributed by atoms with Crippen molar-refractivity contribution in [1.29, 1.82) is 0 Å². The van der Waals surface area contributed by atoms with Gasteiger partial charge in [0.1, 0.15) is 6.61 Å². The van der Waals surface area contributed by atoms with Gasteiger partial charge in [0.25, 0.3) is 0 Å². The van der Waals surface area contributed by atoms with Crippen LogP contribution in [0.5, 0.6) is 0 Å². The minimum absolute atomic E-state index is 0.0386. The van der Waals surface area contributed by atoms with E-state index in [1.807, 2.05) is 55.5 Å². The summed E-state index contributed by atoms with van der Waals surface area (Å²) in [4.78, 5) is 25.9. The number of ether oxygens (including phenoxy) is 2. The summed E-state index contributed by atoms with van der Waals surface area (Å²) in [5.41, 5.74) is 4.49. The average molecular weight is 588 g/mol. The second kappa shape index (κ2) is 9.66. The number of hydrogen-bond acceptors (Lipinski definition) is 7. The summed E-state index contributed by atoms with van der Waals surface area (Å²) < 4.78 is 30.7. The number of fused-ring (bicyclic) bond motifs is 7. The molecule has 0 spiro atoms. The van der Waals surface area contributed by atoms with Gasteiger partial charge < -0.3 is 25.4 Å². The molecule has 7 rings (SSSR count). The highest BCUT2D eigenvalue weighted by Crippen LogP contribution is 2.72. The lowest BCUT2D eigenvalue weighted by Gasteiger charge is -2.62. The van der Waals surface area contributed by atoms with Crippen molar-refractivity contribution in [2.24, 2.45) is 22.7 Å². The van der Waals surface area contributed by atoms with Gasteiger partial charge in [0.2, 0.25) is 0 Å². The lowest BCUT2D eigenvalue weighted by Crippen LogP contribution is -2.69. The van der Waals surface area contributed by atoms with E-state index in [0.29, 0.717) is 36.9 Å². The number of nitrogens with two attached hydrogens (primary N) is 1. The fourth-order valence-corrected chi connectivity index (χ4v) is 9.51. The summed E-state index contributed by atoms with van der Waals surface area (Å²) in [7, 11) is 0. The number of Topliss-reactive ketones (excluding diaryl/α,β-unsaturated/α-hetero) is 1. The Kier molecular flexibility index (Phi) is 6.43. The Hall–Kier alpha value is -3.17. The molecule has 226 valence electrons. The number of ketones is 2. The number of rotatable bonds is 5. The van der Waals surface area contributed by atoms with Gasteiger partial charge >= 0.3 is 0 Å². The number of allylic oxidation sites excluding steroid dienone is 4. The molecule has 7 nitrogen and oxygen atoms in total. The van der Waals surface area contributed by atoms with Crippen LogP contribution in [0.2, 0.25) is 0 Å². The second-order valence-electron chi connectivity index (χ2n) is 13.6. The van der Waals surface area contributed by atoms with Crippen molar-refractivity contribution in [2.75, 3.05) is 12.3 Å². The molecule has 1 heterocycles. The highest BCUT2D eigenvalue weighted by atomic mass is 19.1. The summed E-state index contributed by atoms with van der Waals surface area (Å²) in [5, 5.41) is 21.9. The molecule has 1 aliphatic heterocycles. The van der Waals surface area contributed by atoms with E-state index in [4.69, 9.17) is 15.2 Å². The molecule has 4 aliphatic carbocycles. The van der Waals surface area contributed by atoms with Crippen LogP contribution in [-0.4, -0.2) is 51.9 Å². The molecule has 1 saturated heterocycles. The van der Waals surface area contributed by atoms with Crippen LogP contribution in [0.3, 0.4) is 0 Å². The molecule has 9 atom stereocenters. The number of hydrogen-bond donors (Lipinski definition) is 3. The lowest BCUT2D eigenvalue weighted by molar-refractivity contribution is -0.231. The first-order valence-electron chi connectivity index (χ1n) is 15.2. The van der Waals surface area contributed by atoms with Crippen molar-refractivity contribution in [3.8, 4) is 0 Å². The molecule has 2 aromatic carbocycles. The van der Waals surface area contributed by atoms with Crippen molar-refractivity contribution >= 4 is 17.3 Å². The zero-order chi connectivity index (χ0) is 30.4. The average Bonchev–Trinajstić information content (AvgIpc) is 3.47. The molecule has 0 unspecified atom stereocenters. The van der Waals surface area contributed by atoms with Crippen molar-refractivity contribution in [2.45, 2.75) is 75.7 Å². The maximum absolute atomic E-state index is 17.6. The van der Waals surface area contributed by atoms with Crippen LogP contribution in [0.4, 0.5) is 10.1 Å². The number of carbonyl (C=O) groups is 2. The van der Waals surface area contributed by atoms with Crippen LogP contribution < -0.4 is 5.73 Å². The normalized spacial score (nSPS) is 41.2. The molecule has 8 heteroatoms. The Bertz CT molecular complexity index is 1570. The number of halogens is 1. The Labute approximate surface area is 250 Å². The molecule has 0 aromatic heterocycles. The number of aliphatic hydroxyl groups is 2. The summed E-state index contributed by atoms with van der Waals surface area (Å²) >= 11 is 0. The lowest BCUT2D eigenvalue weighted by atomic mass is 9.44. The maximum atomic E-state index is 17.6. The molecular weight excluding hydrogens is 549 g/mol. The third kappa shape index (κ3) is 3.79. The summed E-state index contributed by atoms with van der Waals surface area (Å²) in [6.45, 7) is 2.91. The Balaban J connectivity index is 1.23. The monoisotopic (exact) mass is 587 g/mol. The molecule has 4 N–H and O–H groups in total. The van der Waals surface area contributed by atoms with Crippen molar-refractivity contribution in [3.63, 3.8) is 0 Å². The first kappa shape index (κ1) is 28.6. The van der Waals surface area contributed by atoms with Gasteiger partial charge in [0, 0.05) is 28.0 Å². The Morgan fingerprint density at radius 3 is 2.60 bits per heavy atom. The van der Waals surface area contributed by atoms with Gasteiger partial charge in [0.15, 0.2) is 29.1 Å². The van der Waals surface area contributed by atoms with Crippen molar-refractivity contribution in [1.82, 2.24) is 0 Å². The van der Waals surface area contributed by atoms with Gasteiger partial charge in [-0.1, -0.05) is 55.0 Å². The highest BCUT2D eigenvalue weighted by molar-refractivity contribution is 6.01. The fourth-order valence-electron chi connectivity index (χ4n) is 9.51. The molecule has 43 heavy (non-hydrogen) atoms. The molecule has 2 aromatic rings. The van der Waals surface area contributed by atoms with E-state index in [0.717, 1.165) is 16.7 Å². The predicted octanol–water partition coefficient (Wildman–Crippen LogP) is 4.55. The number of anilines is 1. The minimum atomic E-state index is -2.03. The smallest absolute Gasteiger partial charge is 0.193 e. The zero-order valence-electron chi connectivity index (χ0n) is 24.5. The van der Waals surface area contributed by atoms with E-state index in [9.17, 15) is 19.8 Å². The third-order valence-corrected chi connectivity index (χ3v) is 11.5. The largest absolute Gasteiger partial charge is 0.399 e. The van der Waals surface area contributed by atoms with E-state index in [2.05, 4.69) is 0 Å². The first-order chi connectivity index (χ1) is 20.5. The number of aliphatic hydroxyl groups excluding tert-OH is 2. The van der Waals surface area contributed by atoms with E-state index in [1.165, 1.54) is 12.2 Å². The van der Waals surface area contributed by atoms with Crippen molar-refractivity contribution < 1.29 is 33.7 Å². The van der Waals surface area contributed by atoms with Gasteiger partial charge in [0.05, 0.1) is 12.2 Å². The van der Waals surface area contributed by atoms with E-state index in [-0.39, 0.29) is 18.1 Å².